The molecule has 2 aromatic heterocycles. The Bertz CT molecular complexity index is 786. The summed E-state index contributed by atoms with van der Waals surface area (Å²) < 4.78 is 0. The van der Waals surface area contributed by atoms with Crippen molar-refractivity contribution in [1.82, 2.24) is 15.2 Å². The standard InChI is InChI=1S/C13H11N3O3/c1-6-10(12-8(13(18)19)5-14-16-12)7-3-2-4-9(17)11(7)15-6/h2-5,15,17H,1H3,(H,14,16)(H,18,19). The molecule has 0 saturated carbocycles. The molecule has 0 unspecified atom stereocenters. The molecular weight excluding hydrogens is 246 g/mol. The molecule has 6 heteroatoms. The van der Waals surface area contributed by atoms with Gasteiger partial charge in [-0.25, -0.2) is 4.79 Å². The quantitative estimate of drug-likeness (QED) is 0.565. The highest BCUT2D eigenvalue weighted by atomic mass is 16.4. The molecule has 0 spiro atoms. The van der Waals surface area contributed by atoms with Crippen LogP contribution < -0.4 is 0 Å². The number of fused-ring (bicyclic) bond motifs is 1. The number of rotatable bonds is 2. The van der Waals surface area contributed by atoms with Crippen LogP contribution in [0.2, 0.25) is 0 Å². The van der Waals surface area contributed by atoms with Gasteiger partial charge in [-0.1, -0.05) is 12.1 Å². The van der Waals surface area contributed by atoms with Gasteiger partial charge in [0.1, 0.15) is 11.3 Å². The van der Waals surface area contributed by atoms with Crippen molar-refractivity contribution in [2.75, 3.05) is 0 Å². The number of hydrogen-bond donors (Lipinski definition) is 4. The molecule has 0 bridgehead atoms. The van der Waals surface area contributed by atoms with Gasteiger partial charge in [0.2, 0.25) is 0 Å². The van der Waals surface area contributed by atoms with Gasteiger partial charge in [0, 0.05) is 16.6 Å². The van der Waals surface area contributed by atoms with Gasteiger partial charge < -0.3 is 15.2 Å². The molecule has 19 heavy (non-hydrogen) atoms. The fraction of sp³-hybridized carbons (Fsp3) is 0.0769. The second-order valence-electron chi connectivity index (χ2n) is 4.29. The topological polar surface area (TPSA) is 102 Å². The number of phenolic OH excluding ortho intramolecular Hbond substituents is 1. The van der Waals surface area contributed by atoms with Gasteiger partial charge in [-0.15, -0.1) is 0 Å². The lowest BCUT2D eigenvalue weighted by Gasteiger charge is -2.00. The average Bonchev–Trinajstić information content (AvgIpc) is 2.93. The van der Waals surface area contributed by atoms with Gasteiger partial charge in [-0.2, -0.15) is 5.10 Å². The molecule has 0 aliphatic rings. The van der Waals surface area contributed by atoms with Crippen LogP contribution in [0, 0.1) is 6.92 Å². The molecule has 1 aromatic carbocycles. The van der Waals surface area contributed by atoms with Crippen LogP contribution in [0.1, 0.15) is 16.1 Å². The number of aromatic nitrogens is 3. The lowest BCUT2D eigenvalue weighted by Crippen LogP contribution is -1.97. The summed E-state index contributed by atoms with van der Waals surface area (Å²) in [6, 6.07) is 5.11. The van der Waals surface area contributed by atoms with Crippen LogP contribution in [-0.2, 0) is 0 Å². The average molecular weight is 257 g/mol. The van der Waals surface area contributed by atoms with Crippen LogP contribution in [0.3, 0.4) is 0 Å². The lowest BCUT2D eigenvalue weighted by atomic mass is 10.0. The van der Waals surface area contributed by atoms with E-state index in [1.807, 2.05) is 13.0 Å². The van der Waals surface area contributed by atoms with Gasteiger partial charge in [0.15, 0.2) is 0 Å². The van der Waals surface area contributed by atoms with Crippen molar-refractivity contribution in [1.29, 1.82) is 0 Å². The molecule has 3 aromatic rings. The Morgan fingerprint density at radius 2 is 2.16 bits per heavy atom. The van der Waals surface area contributed by atoms with Gasteiger partial charge in [0.05, 0.1) is 17.4 Å². The number of nitrogens with one attached hydrogen (secondary N) is 2. The Balaban J connectivity index is 2.37. The van der Waals surface area contributed by atoms with Crippen LogP contribution in [-0.4, -0.2) is 31.4 Å². The van der Waals surface area contributed by atoms with E-state index in [0.29, 0.717) is 16.8 Å². The second kappa shape index (κ2) is 3.88. The number of hydrogen-bond acceptors (Lipinski definition) is 3. The Labute approximate surface area is 107 Å². The minimum Gasteiger partial charge on any atom is -0.506 e. The smallest absolute Gasteiger partial charge is 0.339 e. The van der Waals surface area contributed by atoms with E-state index in [4.69, 9.17) is 5.11 Å². The van der Waals surface area contributed by atoms with E-state index in [1.165, 1.54) is 6.20 Å². The summed E-state index contributed by atoms with van der Waals surface area (Å²) in [5, 5.41) is 26.2. The number of nitrogens with zero attached hydrogens (tertiary/aromatic N) is 1. The Kier molecular flexibility index (Phi) is 2.31. The Morgan fingerprint density at radius 1 is 1.37 bits per heavy atom. The lowest BCUT2D eigenvalue weighted by molar-refractivity contribution is 0.0698. The van der Waals surface area contributed by atoms with E-state index in [2.05, 4.69) is 15.2 Å². The number of carboxylic acid groups (broad SMARTS) is 1. The molecule has 0 aliphatic heterocycles. The van der Waals surface area contributed by atoms with Crippen molar-refractivity contribution in [3.63, 3.8) is 0 Å². The fourth-order valence-electron chi connectivity index (χ4n) is 2.29. The molecule has 0 saturated heterocycles. The number of H-pyrrole nitrogens is 2. The number of carboxylic acids is 1. The van der Waals surface area contributed by atoms with Crippen LogP contribution in [0.15, 0.2) is 24.4 Å². The predicted molar refractivity (Wildman–Crippen MR) is 69.2 cm³/mol. The van der Waals surface area contributed by atoms with E-state index < -0.39 is 5.97 Å². The summed E-state index contributed by atoms with van der Waals surface area (Å²) in [6.45, 7) is 1.82. The molecule has 6 nitrogen and oxygen atoms in total. The van der Waals surface area contributed by atoms with E-state index in [9.17, 15) is 9.90 Å². The monoisotopic (exact) mass is 257 g/mol. The number of carbonyl (C=O) groups is 1. The van der Waals surface area contributed by atoms with Crippen molar-refractivity contribution in [3.8, 4) is 17.0 Å². The zero-order valence-corrected chi connectivity index (χ0v) is 10.1. The number of para-hydroxylation sites is 1. The summed E-state index contributed by atoms with van der Waals surface area (Å²) in [7, 11) is 0. The third-order valence-electron chi connectivity index (χ3n) is 3.12. The number of phenols is 1. The molecule has 0 amide bonds. The highest BCUT2D eigenvalue weighted by molar-refractivity contribution is 6.04. The number of aromatic amines is 2. The summed E-state index contributed by atoms with van der Waals surface area (Å²) >= 11 is 0. The normalized spacial score (nSPS) is 11.0. The molecule has 0 fully saturated rings. The minimum atomic E-state index is -1.04. The first-order chi connectivity index (χ1) is 9.09. The highest BCUT2D eigenvalue weighted by Crippen LogP contribution is 2.36. The zero-order chi connectivity index (χ0) is 13.6. The van der Waals surface area contributed by atoms with Crippen molar-refractivity contribution in [2.45, 2.75) is 6.92 Å². The van der Waals surface area contributed by atoms with Gasteiger partial charge >= 0.3 is 5.97 Å². The van der Waals surface area contributed by atoms with Crippen LogP contribution in [0.5, 0.6) is 5.75 Å². The maximum atomic E-state index is 11.2. The summed E-state index contributed by atoms with van der Waals surface area (Å²) in [5.74, 6) is -0.916. The van der Waals surface area contributed by atoms with Crippen molar-refractivity contribution >= 4 is 16.9 Å². The van der Waals surface area contributed by atoms with E-state index in [0.717, 1.165) is 11.1 Å². The molecule has 0 radical (unpaired) electrons. The number of aromatic carboxylic acids is 1. The number of benzene rings is 1. The predicted octanol–water partition coefficient (Wildman–Crippen LogP) is 2.27. The summed E-state index contributed by atoms with van der Waals surface area (Å²) in [4.78, 5) is 14.2. The second-order valence-corrected chi connectivity index (χ2v) is 4.29. The highest BCUT2D eigenvalue weighted by Gasteiger charge is 2.20. The van der Waals surface area contributed by atoms with Crippen LogP contribution in [0.25, 0.3) is 22.2 Å². The first-order valence-electron chi connectivity index (χ1n) is 5.67. The van der Waals surface area contributed by atoms with Gasteiger partial charge in [-0.05, 0) is 13.0 Å². The van der Waals surface area contributed by atoms with Crippen LogP contribution >= 0.6 is 0 Å². The molecule has 3 rings (SSSR count). The third kappa shape index (κ3) is 1.57. The van der Waals surface area contributed by atoms with Gasteiger partial charge in [-0.3, -0.25) is 5.10 Å². The maximum absolute atomic E-state index is 11.2. The van der Waals surface area contributed by atoms with Crippen molar-refractivity contribution in [2.24, 2.45) is 0 Å². The van der Waals surface area contributed by atoms with Crippen molar-refractivity contribution in [3.05, 3.63) is 35.7 Å². The first-order valence-corrected chi connectivity index (χ1v) is 5.67. The Hall–Kier alpha value is -2.76. The molecule has 4 N–H and O–H groups in total. The molecule has 0 aliphatic carbocycles. The van der Waals surface area contributed by atoms with E-state index >= 15 is 0 Å². The fourth-order valence-corrected chi connectivity index (χ4v) is 2.29. The number of aromatic hydroxyl groups is 1. The van der Waals surface area contributed by atoms with Crippen molar-refractivity contribution < 1.29 is 15.0 Å². The minimum absolute atomic E-state index is 0.104. The maximum Gasteiger partial charge on any atom is 0.339 e. The summed E-state index contributed by atoms with van der Waals surface area (Å²) in [5.41, 5.74) is 2.60. The first kappa shape index (κ1) is 11.3. The molecule has 0 atom stereocenters. The molecular formula is C13H11N3O3. The number of aryl methyl sites for hydroxylation is 1. The largest absolute Gasteiger partial charge is 0.506 e. The van der Waals surface area contributed by atoms with E-state index in [1.54, 1.807) is 12.1 Å². The molecule has 2 heterocycles. The Morgan fingerprint density at radius 3 is 2.89 bits per heavy atom. The van der Waals surface area contributed by atoms with E-state index in [-0.39, 0.29) is 11.3 Å². The SMILES string of the molecule is Cc1[nH]c2c(O)cccc2c1-c1[nH]ncc1C(=O)O. The zero-order valence-electron chi connectivity index (χ0n) is 10.1. The van der Waals surface area contributed by atoms with Gasteiger partial charge in [0.25, 0.3) is 0 Å². The van der Waals surface area contributed by atoms with Crippen LogP contribution in [0.4, 0.5) is 0 Å². The third-order valence-corrected chi connectivity index (χ3v) is 3.12. The molecule has 96 valence electrons. The summed E-state index contributed by atoms with van der Waals surface area (Å²) in [6.07, 6.45) is 1.28.